The molecular weight excluding hydrogens is 342 g/mol. The van der Waals surface area contributed by atoms with Gasteiger partial charge in [-0.3, -0.25) is 4.79 Å². The van der Waals surface area contributed by atoms with E-state index in [-0.39, 0.29) is 5.56 Å². The molecule has 0 spiro atoms. The molecule has 20 heavy (non-hydrogen) atoms. The van der Waals surface area contributed by atoms with Gasteiger partial charge >= 0.3 is 0 Å². The molecule has 7 heteroatoms. The van der Waals surface area contributed by atoms with E-state index in [0.29, 0.717) is 23.7 Å². The van der Waals surface area contributed by atoms with Crippen LogP contribution in [0.15, 0.2) is 15.5 Å². The molecule has 0 aromatic carbocycles. The quantitative estimate of drug-likeness (QED) is 0.683. The molecule has 1 unspecified atom stereocenters. The zero-order chi connectivity index (χ0) is 15.0. The molecule has 1 N–H and O–H groups in total. The number of nitrogens with zero attached hydrogens (tertiary/aromatic N) is 2. The number of aromatic nitrogens is 2. The molecular formula is C13H22BrN3O2S. The first kappa shape index (κ1) is 17.5. The standard InChI is InChI=1S/C13H22BrN3O2S/c1-4-20-8-5-10(2)16-11-9-15-17(6-7-19-3)13(18)12(11)14/h9-10,16H,4-8H2,1-3H3. The summed E-state index contributed by atoms with van der Waals surface area (Å²) in [6, 6.07) is 0.307. The van der Waals surface area contributed by atoms with Gasteiger partial charge in [-0.05, 0) is 40.8 Å². The fraction of sp³-hybridized carbons (Fsp3) is 0.692. The van der Waals surface area contributed by atoms with Crippen molar-refractivity contribution in [2.45, 2.75) is 32.9 Å². The van der Waals surface area contributed by atoms with Crippen LogP contribution in [0.2, 0.25) is 0 Å². The number of thioether (sulfide) groups is 1. The smallest absolute Gasteiger partial charge is 0.283 e. The van der Waals surface area contributed by atoms with Gasteiger partial charge in [-0.25, -0.2) is 4.68 Å². The second-order valence-electron chi connectivity index (χ2n) is 4.42. The van der Waals surface area contributed by atoms with Crippen LogP contribution in [0.3, 0.4) is 0 Å². The molecule has 5 nitrogen and oxygen atoms in total. The maximum Gasteiger partial charge on any atom is 0.283 e. The average Bonchev–Trinajstić information content (AvgIpc) is 2.43. The van der Waals surface area contributed by atoms with Crippen LogP contribution in [0.4, 0.5) is 5.69 Å². The summed E-state index contributed by atoms with van der Waals surface area (Å²) in [4.78, 5) is 12.1. The summed E-state index contributed by atoms with van der Waals surface area (Å²) in [5.74, 6) is 2.24. The van der Waals surface area contributed by atoms with E-state index < -0.39 is 0 Å². The lowest BCUT2D eigenvalue weighted by Gasteiger charge is -2.16. The molecule has 1 heterocycles. The van der Waals surface area contributed by atoms with Gasteiger partial charge in [0.25, 0.3) is 5.56 Å². The largest absolute Gasteiger partial charge is 0.383 e. The summed E-state index contributed by atoms with van der Waals surface area (Å²) in [6.07, 6.45) is 2.74. The Balaban J connectivity index is 2.67. The van der Waals surface area contributed by atoms with Crippen molar-refractivity contribution in [3.63, 3.8) is 0 Å². The zero-order valence-electron chi connectivity index (χ0n) is 12.2. The number of anilines is 1. The van der Waals surface area contributed by atoms with E-state index in [4.69, 9.17) is 4.74 Å². The molecule has 1 rings (SSSR count). The van der Waals surface area contributed by atoms with Crippen LogP contribution < -0.4 is 10.9 Å². The Morgan fingerprint density at radius 3 is 3.00 bits per heavy atom. The van der Waals surface area contributed by atoms with Crippen molar-refractivity contribution in [1.82, 2.24) is 9.78 Å². The van der Waals surface area contributed by atoms with E-state index in [1.807, 2.05) is 11.8 Å². The van der Waals surface area contributed by atoms with Crippen molar-refractivity contribution in [2.24, 2.45) is 0 Å². The number of halogens is 1. The van der Waals surface area contributed by atoms with E-state index >= 15 is 0 Å². The minimum absolute atomic E-state index is 0.137. The van der Waals surface area contributed by atoms with E-state index in [2.05, 4.69) is 40.2 Å². The highest BCUT2D eigenvalue weighted by atomic mass is 79.9. The van der Waals surface area contributed by atoms with Crippen molar-refractivity contribution >= 4 is 33.4 Å². The Labute approximate surface area is 132 Å². The highest BCUT2D eigenvalue weighted by Gasteiger charge is 2.11. The van der Waals surface area contributed by atoms with Gasteiger partial charge in [0.05, 0.1) is 25.0 Å². The van der Waals surface area contributed by atoms with Gasteiger partial charge in [0.15, 0.2) is 0 Å². The third kappa shape index (κ3) is 5.46. The Morgan fingerprint density at radius 1 is 1.60 bits per heavy atom. The van der Waals surface area contributed by atoms with Crippen molar-refractivity contribution in [1.29, 1.82) is 0 Å². The number of nitrogens with one attached hydrogen (secondary N) is 1. The van der Waals surface area contributed by atoms with Crippen LogP contribution in [0.25, 0.3) is 0 Å². The Morgan fingerprint density at radius 2 is 2.35 bits per heavy atom. The molecule has 114 valence electrons. The molecule has 0 saturated heterocycles. The summed E-state index contributed by atoms with van der Waals surface area (Å²) in [5, 5.41) is 7.48. The molecule has 1 atom stereocenters. The first-order valence-electron chi connectivity index (χ1n) is 6.69. The number of methoxy groups -OCH3 is 1. The Bertz CT molecular complexity index is 467. The topological polar surface area (TPSA) is 56.1 Å². The number of rotatable bonds is 9. The summed E-state index contributed by atoms with van der Waals surface area (Å²) in [7, 11) is 1.60. The molecule has 0 saturated carbocycles. The minimum Gasteiger partial charge on any atom is -0.383 e. The number of hydrogen-bond donors (Lipinski definition) is 1. The normalized spacial score (nSPS) is 12.4. The SMILES string of the molecule is CCSCCC(C)Nc1cnn(CCOC)c(=O)c1Br. The molecule has 0 fully saturated rings. The lowest BCUT2D eigenvalue weighted by molar-refractivity contribution is 0.181. The zero-order valence-corrected chi connectivity index (χ0v) is 14.6. The average molecular weight is 364 g/mol. The van der Waals surface area contributed by atoms with Crippen LogP contribution in [-0.4, -0.2) is 41.0 Å². The molecule has 1 aromatic heterocycles. The van der Waals surface area contributed by atoms with Crippen LogP contribution in [0, 0.1) is 0 Å². The molecule has 0 radical (unpaired) electrons. The third-order valence-corrected chi connectivity index (χ3v) is 4.49. The fourth-order valence-electron chi connectivity index (χ4n) is 1.64. The maximum atomic E-state index is 12.1. The highest BCUT2D eigenvalue weighted by Crippen LogP contribution is 2.18. The highest BCUT2D eigenvalue weighted by molar-refractivity contribution is 9.10. The van der Waals surface area contributed by atoms with E-state index in [9.17, 15) is 4.79 Å². The second-order valence-corrected chi connectivity index (χ2v) is 6.61. The van der Waals surface area contributed by atoms with Crippen molar-refractivity contribution in [2.75, 3.05) is 30.5 Å². The second kappa shape index (κ2) is 9.41. The van der Waals surface area contributed by atoms with Gasteiger partial charge in [-0.2, -0.15) is 16.9 Å². The predicted octanol–water partition coefficient (Wildman–Crippen LogP) is 2.60. The third-order valence-electron chi connectivity index (χ3n) is 2.79. The molecule has 0 aliphatic heterocycles. The Kier molecular flexibility index (Phi) is 8.25. The van der Waals surface area contributed by atoms with Gasteiger partial charge in [0.2, 0.25) is 0 Å². The van der Waals surface area contributed by atoms with Crippen LogP contribution in [0.1, 0.15) is 20.3 Å². The van der Waals surface area contributed by atoms with E-state index in [1.165, 1.54) is 4.68 Å². The monoisotopic (exact) mass is 363 g/mol. The van der Waals surface area contributed by atoms with Crippen LogP contribution in [0.5, 0.6) is 0 Å². The number of hydrogen-bond acceptors (Lipinski definition) is 5. The molecule has 0 aliphatic carbocycles. The maximum absolute atomic E-state index is 12.1. The van der Waals surface area contributed by atoms with Crippen molar-refractivity contribution in [3.8, 4) is 0 Å². The van der Waals surface area contributed by atoms with E-state index in [1.54, 1.807) is 13.3 Å². The first-order chi connectivity index (χ1) is 9.60. The lowest BCUT2D eigenvalue weighted by atomic mass is 10.2. The Hall–Kier alpha value is -0.530. The molecule has 0 bridgehead atoms. The van der Waals surface area contributed by atoms with Crippen LogP contribution in [-0.2, 0) is 11.3 Å². The van der Waals surface area contributed by atoms with E-state index in [0.717, 1.165) is 23.6 Å². The van der Waals surface area contributed by atoms with Crippen molar-refractivity contribution in [3.05, 3.63) is 21.0 Å². The predicted molar refractivity (Wildman–Crippen MR) is 88.8 cm³/mol. The minimum atomic E-state index is -0.137. The molecule has 0 aliphatic rings. The van der Waals surface area contributed by atoms with Gasteiger partial charge in [-0.1, -0.05) is 6.92 Å². The summed E-state index contributed by atoms with van der Waals surface area (Å²) >= 11 is 5.27. The molecule has 1 aromatic rings. The van der Waals surface area contributed by atoms with Gasteiger partial charge in [0.1, 0.15) is 4.47 Å². The number of ether oxygens (including phenoxy) is 1. The summed E-state index contributed by atoms with van der Waals surface area (Å²) < 4.78 is 6.88. The first-order valence-corrected chi connectivity index (χ1v) is 8.63. The van der Waals surface area contributed by atoms with Gasteiger partial charge in [-0.15, -0.1) is 0 Å². The lowest BCUT2D eigenvalue weighted by Crippen LogP contribution is -2.27. The summed E-state index contributed by atoms with van der Waals surface area (Å²) in [5.41, 5.74) is 0.611. The van der Waals surface area contributed by atoms with Crippen molar-refractivity contribution < 1.29 is 4.74 Å². The fourth-order valence-corrected chi connectivity index (χ4v) is 2.88. The van der Waals surface area contributed by atoms with Crippen LogP contribution >= 0.6 is 27.7 Å². The summed E-state index contributed by atoms with van der Waals surface area (Å²) in [6.45, 7) is 5.19. The van der Waals surface area contributed by atoms with Gasteiger partial charge < -0.3 is 10.1 Å². The van der Waals surface area contributed by atoms with Gasteiger partial charge in [0, 0.05) is 13.2 Å². The molecule has 0 amide bonds.